The van der Waals surface area contributed by atoms with Crippen LogP contribution in [-0.2, 0) is 0 Å². The maximum atomic E-state index is 10.1. The van der Waals surface area contributed by atoms with Gasteiger partial charge < -0.3 is 10.8 Å². The van der Waals surface area contributed by atoms with Crippen LogP contribution in [0.3, 0.4) is 0 Å². The van der Waals surface area contributed by atoms with Crippen molar-refractivity contribution in [3.05, 3.63) is 28.3 Å². The van der Waals surface area contributed by atoms with E-state index in [0.29, 0.717) is 0 Å². The summed E-state index contributed by atoms with van der Waals surface area (Å²) in [5.41, 5.74) is 5.18. The van der Waals surface area contributed by atoms with E-state index in [9.17, 15) is 10.1 Å². The van der Waals surface area contributed by atoms with Crippen LogP contribution in [0.25, 0.3) is 0 Å². The topological polar surface area (TPSA) is 89.4 Å². The van der Waals surface area contributed by atoms with Crippen LogP contribution in [0.5, 0.6) is 5.75 Å². The lowest BCUT2D eigenvalue weighted by Gasteiger charge is -1.95. The van der Waals surface area contributed by atoms with E-state index in [2.05, 4.69) is 0 Å². The number of benzene rings is 1. The van der Waals surface area contributed by atoms with Crippen molar-refractivity contribution in [2.45, 2.75) is 0 Å². The van der Waals surface area contributed by atoms with Gasteiger partial charge in [-0.2, -0.15) is 0 Å². The van der Waals surface area contributed by atoms with Crippen molar-refractivity contribution in [1.29, 1.82) is 0 Å². The summed E-state index contributed by atoms with van der Waals surface area (Å²) in [5, 5.41) is 19.0. The van der Waals surface area contributed by atoms with Gasteiger partial charge >= 0.3 is 0 Å². The lowest BCUT2D eigenvalue weighted by Crippen LogP contribution is -1.89. The van der Waals surface area contributed by atoms with Gasteiger partial charge in [0.05, 0.1) is 16.7 Å². The fourth-order valence-corrected chi connectivity index (χ4v) is 0.646. The molecule has 0 aliphatic heterocycles. The molecule has 3 N–H and O–H groups in total. The molecule has 5 nitrogen and oxygen atoms in total. The highest BCUT2D eigenvalue weighted by atomic mass is 35.5. The molecule has 1 aromatic carbocycles. The molecule has 0 saturated heterocycles. The molecule has 1 rings (SSSR count). The number of nitro groups is 1. The van der Waals surface area contributed by atoms with Gasteiger partial charge in [-0.15, -0.1) is 12.4 Å². The molecule has 0 aliphatic carbocycles. The number of nitrogens with zero attached hydrogens (tertiary/aromatic N) is 1. The Bertz CT molecular complexity index is 303. The minimum Gasteiger partial charge on any atom is -0.506 e. The number of nitrogens with two attached hydrogens (primary N) is 1. The number of non-ortho nitro benzene ring substituents is 1. The Labute approximate surface area is 74.4 Å². The van der Waals surface area contributed by atoms with Gasteiger partial charge in [0.1, 0.15) is 5.75 Å². The molecule has 0 unspecified atom stereocenters. The lowest BCUT2D eigenvalue weighted by molar-refractivity contribution is -0.384. The Morgan fingerprint density at radius 1 is 1.50 bits per heavy atom. The molecular weight excluding hydrogens is 184 g/mol. The van der Waals surface area contributed by atoms with Gasteiger partial charge in [-0.3, -0.25) is 10.1 Å². The first kappa shape index (κ1) is 10.5. The average molecular weight is 191 g/mol. The number of phenols is 1. The van der Waals surface area contributed by atoms with Crippen LogP contribution < -0.4 is 5.73 Å². The lowest BCUT2D eigenvalue weighted by atomic mass is 10.3. The standard InChI is InChI=1S/C6H6N2O3.ClH/c7-5-2-1-4(8(10)11)3-6(5)9;/h1-3,9H,7H2;1H. The Hall–Kier alpha value is -1.49. The van der Waals surface area contributed by atoms with Crippen LogP contribution in [0.4, 0.5) is 11.4 Å². The second kappa shape index (κ2) is 3.77. The Morgan fingerprint density at radius 2 is 2.08 bits per heavy atom. The van der Waals surface area contributed by atoms with E-state index in [0.717, 1.165) is 6.07 Å². The highest BCUT2D eigenvalue weighted by Gasteiger charge is 2.06. The maximum absolute atomic E-state index is 10.1. The zero-order valence-electron chi connectivity index (χ0n) is 5.93. The molecule has 0 aromatic heterocycles. The molecule has 12 heavy (non-hydrogen) atoms. The summed E-state index contributed by atoms with van der Waals surface area (Å²) in [7, 11) is 0. The third-order valence-corrected chi connectivity index (χ3v) is 1.22. The SMILES string of the molecule is Cl.Nc1ccc([N+](=O)[O-])cc1O. The van der Waals surface area contributed by atoms with Crippen molar-refractivity contribution in [3.8, 4) is 5.75 Å². The van der Waals surface area contributed by atoms with Gasteiger partial charge in [0.25, 0.3) is 5.69 Å². The minimum atomic E-state index is -0.598. The van der Waals surface area contributed by atoms with Crippen molar-refractivity contribution in [3.63, 3.8) is 0 Å². The number of nitro benzene ring substituents is 1. The molecule has 0 heterocycles. The van der Waals surface area contributed by atoms with Gasteiger partial charge in [-0.05, 0) is 6.07 Å². The quantitative estimate of drug-likeness (QED) is 0.302. The molecule has 0 fully saturated rings. The number of halogens is 1. The van der Waals surface area contributed by atoms with Crippen LogP contribution in [0.15, 0.2) is 18.2 Å². The van der Waals surface area contributed by atoms with Crippen LogP contribution in [0, 0.1) is 10.1 Å². The Kier molecular flexibility index (Phi) is 3.30. The van der Waals surface area contributed by atoms with E-state index in [1.54, 1.807) is 0 Å². The monoisotopic (exact) mass is 190 g/mol. The predicted octanol–water partition coefficient (Wildman–Crippen LogP) is 1.30. The van der Waals surface area contributed by atoms with Gasteiger partial charge in [0, 0.05) is 6.07 Å². The van der Waals surface area contributed by atoms with Crippen LogP contribution in [0.1, 0.15) is 0 Å². The molecule has 0 saturated carbocycles. The fraction of sp³-hybridized carbons (Fsp3) is 0. The number of aromatic hydroxyl groups is 1. The average Bonchev–Trinajstić information content (AvgIpc) is 1.94. The summed E-state index contributed by atoms with van der Waals surface area (Å²) in [6.07, 6.45) is 0. The number of phenolic OH excluding ortho intramolecular Hbond substituents is 1. The summed E-state index contributed by atoms with van der Waals surface area (Å²) < 4.78 is 0. The van der Waals surface area contributed by atoms with Crippen LogP contribution in [0.2, 0.25) is 0 Å². The van der Waals surface area contributed by atoms with Crippen LogP contribution in [-0.4, -0.2) is 10.0 Å². The van der Waals surface area contributed by atoms with E-state index in [-0.39, 0.29) is 29.5 Å². The van der Waals surface area contributed by atoms with Crippen LogP contribution >= 0.6 is 12.4 Å². The number of nitrogen functional groups attached to an aromatic ring is 1. The molecule has 0 amide bonds. The summed E-state index contributed by atoms with van der Waals surface area (Å²) in [4.78, 5) is 9.52. The first-order valence-corrected chi connectivity index (χ1v) is 2.84. The summed E-state index contributed by atoms with van der Waals surface area (Å²) >= 11 is 0. The van der Waals surface area contributed by atoms with E-state index in [4.69, 9.17) is 10.8 Å². The minimum absolute atomic E-state index is 0. The van der Waals surface area contributed by atoms with E-state index >= 15 is 0 Å². The third-order valence-electron chi connectivity index (χ3n) is 1.22. The van der Waals surface area contributed by atoms with E-state index in [1.807, 2.05) is 0 Å². The third kappa shape index (κ3) is 2.00. The zero-order chi connectivity index (χ0) is 8.43. The number of hydrogen-bond acceptors (Lipinski definition) is 4. The maximum Gasteiger partial charge on any atom is 0.273 e. The van der Waals surface area contributed by atoms with E-state index in [1.165, 1.54) is 12.1 Å². The number of rotatable bonds is 1. The number of anilines is 1. The smallest absolute Gasteiger partial charge is 0.273 e. The molecule has 0 spiro atoms. The van der Waals surface area contributed by atoms with Crippen molar-refractivity contribution in [2.24, 2.45) is 0 Å². The predicted molar refractivity (Wildman–Crippen MR) is 46.4 cm³/mol. The fourth-order valence-electron chi connectivity index (χ4n) is 0.646. The first-order chi connectivity index (χ1) is 5.11. The molecule has 0 bridgehead atoms. The summed E-state index contributed by atoms with van der Waals surface area (Å²) in [5.74, 6) is -0.265. The van der Waals surface area contributed by atoms with Crippen molar-refractivity contribution >= 4 is 23.8 Å². The van der Waals surface area contributed by atoms with Gasteiger partial charge in [0.15, 0.2) is 0 Å². The summed E-state index contributed by atoms with van der Waals surface area (Å²) in [6, 6.07) is 3.53. The molecular formula is C6H7ClN2O3. The molecule has 0 radical (unpaired) electrons. The Balaban J connectivity index is 0.00000121. The van der Waals surface area contributed by atoms with Gasteiger partial charge in [0.2, 0.25) is 0 Å². The highest BCUT2D eigenvalue weighted by molar-refractivity contribution is 5.85. The molecule has 1 aromatic rings. The van der Waals surface area contributed by atoms with E-state index < -0.39 is 4.92 Å². The largest absolute Gasteiger partial charge is 0.506 e. The number of hydrogen-bond donors (Lipinski definition) is 2. The molecule has 6 heteroatoms. The second-order valence-corrected chi connectivity index (χ2v) is 2.00. The Morgan fingerprint density at radius 3 is 2.50 bits per heavy atom. The first-order valence-electron chi connectivity index (χ1n) is 2.84. The molecule has 0 aliphatic rings. The normalized spacial score (nSPS) is 8.67. The summed E-state index contributed by atoms with van der Waals surface area (Å²) in [6.45, 7) is 0. The van der Waals surface area contributed by atoms with Gasteiger partial charge in [-0.1, -0.05) is 0 Å². The van der Waals surface area contributed by atoms with Crippen molar-refractivity contribution in [2.75, 3.05) is 5.73 Å². The molecule has 66 valence electrons. The zero-order valence-corrected chi connectivity index (χ0v) is 6.75. The highest BCUT2D eigenvalue weighted by Crippen LogP contribution is 2.24. The molecule has 0 atom stereocenters. The van der Waals surface area contributed by atoms with Crippen molar-refractivity contribution in [1.82, 2.24) is 0 Å². The second-order valence-electron chi connectivity index (χ2n) is 2.00. The van der Waals surface area contributed by atoms with Crippen molar-refractivity contribution < 1.29 is 10.0 Å². The van der Waals surface area contributed by atoms with Gasteiger partial charge in [-0.25, -0.2) is 0 Å².